The molecule has 154 valence electrons. The van der Waals surface area contributed by atoms with Gasteiger partial charge in [-0.3, -0.25) is 0 Å². The van der Waals surface area contributed by atoms with E-state index in [0.717, 1.165) is 23.3 Å². The van der Waals surface area contributed by atoms with Gasteiger partial charge in [-0.25, -0.2) is 0 Å². The zero-order chi connectivity index (χ0) is 20.8. The summed E-state index contributed by atoms with van der Waals surface area (Å²) in [6, 6.07) is 14.6. The highest BCUT2D eigenvalue weighted by Gasteiger charge is 2.38. The van der Waals surface area contributed by atoms with Crippen molar-refractivity contribution in [2.75, 3.05) is 19.1 Å². The van der Waals surface area contributed by atoms with Crippen LogP contribution in [0.2, 0.25) is 0 Å². The molecule has 3 nitrogen and oxygen atoms in total. The van der Waals surface area contributed by atoms with E-state index >= 15 is 0 Å². The van der Waals surface area contributed by atoms with Crippen LogP contribution in [-0.2, 0) is 5.41 Å². The first kappa shape index (κ1) is 22.4. The molecule has 0 saturated carbocycles. The van der Waals surface area contributed by atoms with E-state index < -0.39 is 18.9 Å². The maximum atomic E-state index is 12.3. The first-order valence-electron chi connectivity index (χ1n) is 8.92. The Kier molecular flexibility index (Phi) is 7.61. The van der Waals surface area contributed by atoms with Crippen LogP contribution >= 0.6 is 11.6 Å². The summed E-state index contributed by atoms with van der Waals surface area (Å²) in [6.07, 6.45) is -6.42. The Hall–Kier alpha value is -1.92. The molecule has 2 aromatic rings. The summed E-state index contributed by atoms with van der Waals surface area (Å²) in [5.74, 6) is 1.60. The molecule has 0 bridgehead atoms. The number of rotatable bonds is 9. The molecule has 1 unspecified atom stereocenters. The monoisotopic (exact) mass is 416 g/mol. The molecule has 28 heavy (non-hydrogen) atoms. The van der Waals surface area contributed by atoms with Crippen LogP contribution in [0, 0.1) is 0 Å². The van der Waals surface area contributed by atoms with Crippen LogP contribution in [0.4, 0.5) is 13.2 Å². The summed E-state index contributed by atoms with van der Waals surface area (Å²) in [5, 5.41) is 9.00. The Balaban J connectivity index is 2.03. The highest BCUT2D eigenvalue weighted by atomic mass is 35.5. The Labute approximate surface area is 168 Å². The molecule has 0 aliphatic carbocycles. The van der Waals surface area contributed by atoms with Crippen LogP contribution in [0.1, 0.15) is 31.4 Å². The molecular weight excluding hydrogens is 393 g/mol. The Morgan fingerprint density at radius 1 is 0.893 bits per heavy atom. The summed E-state index contributed by atoms with van der Waals surface area (Å²) in [4.78, 5) is 0. The smallest absolute Gasteiger partial charge is 0.417 e. The lowest BCUT2D eigenvalue weighted by atomic mass is 9.78. The topological polar surface area (TPSA) is 38.7 Å². The number of hydrogen-bond donors (Lipinski definition) is 1. The summed E-state index contributed by atoms with van der Waals surface area (Å²) in [7, 11) is 0. The van der Waals surface area contributed by atoms with Crippen LogP contribution in [0.3, 0.4) is 0 Å². The summed E-state index contributed by atoms with van der Waals surface area (Å²) >= 11 is 5.64. The van der Waals surface area contributed by atoms with Gasteiger partial charge in [-0.2, -0.15) is 13.2 Å². The van der Waals surface area contributed by atoms with Gasteiger partial charge in [-0.1, -0.05) is 38.1 Å². The third kappa shape index (κ3) is 6.04. The van der Waals surface area contributed by atoms with Gasteiger partial charge in [0, 0.05) is 11.3 Å². The third-order valence-corrected chi connectivity index (χ3v) is 4.75. The minimum atomic E-state index is -4.69. The second-order valence-electron chi connectivity index (χ2n) is 6.93. The van der Waals surface area contributed by atoms with Gasteiger partial charge in [-0.05, 0) is 41.8 Å². The summed E-state index contributed by atoms with van der Waals surface area (Å²) < 4.78 is 47.6. The Bertz CT molecular complexity index is 728. The van der Waals surface area contributed by atoms with Crippen molar-refractivity contribution in [2.24, 2.45) is 0 Å². The lowest BCUT2D eigenvalue weighted by Gasteiger charge is -2.26. The third-order valence-electron chi connectivity index (χ3n) is 4.48. The molecule has 0 saturated heterocycles. The van der Waals surface area contributed by atoms with Gasteiger partial charge >= 0.3 is 6.18 Å². The molecule has 0 amide bonds. The van der Waals surface area contributed by atoms with Crippen LogP contribution in [0.5, 0.6) is 11.5 Å². The molecule has 2 rings (SSSR count). The number of alkyl halides is 4. The molecule has 0 fully saturated rings. The lowest BCUT2D eigenvalue weighted by Crippen LogP contribution is -2.34. The number of benzene rings is 2. The van der Waals surface area contributed by atoms with Crippen LogP contribution in [-0.4, -0.2) is 36.5 Å². The van der Waals surface area contributed by atoms with Gasteiger partial charge < -0.3 is 14.6 Å². The van der Waals surface area contributed by atoms with Gasteiger partial charge in [-0.15, -0.1) is 11.6 Å². The zero-order valence-electron chi connectivity index (χ0n) is 15.8. The molecule has 0 radical (unpaired) electrons. The first-order chi connectivity index (χ1) is 13.1. The van der Waals surface area contributed by atoms with E-state index in [0.29, 0.717) is 12.5 Å². The fourth-order valence-corrected chi connectivity index (χ4v) is 2.73. The minimum absolute atomic E-state index is 0.269. The highest BCUT2D eigenvalue weighted by molar-refractivity contribution is 6.17. The fourth-order valence-electron chi connectivity index (χ4n) is 2.62. The SMILES string of the molecule is CC(C)(c1ccc(OCCCCl)cc1)c1ccc(OCC(O)C(F)(F)F)cc1. The number of halogens is 4. The van der Waals surface area contributed by atoms with E-state index in [9.17, 15) is 13.2 Å². The van der Waals surface area contributed by atoms with E-state index in [1.807, 2.05) is 24.3 Å². The normalized spacial score (nSPS) is 13.2. The molecule has 0 heterocycles. The van der Waals surface area contributed by atoms with E-state index in [1.54, 1.807) is 24.3 Å². The van der Waals surface area contributed by atoms with Crippen molar-refractivity contribution in [1.82, 2.24) is 0 Å². The van der Waals surface area contributed by atoms with Crippen molar-refractivity contribution in [2.45, 2.75) is 38.0 Å². The summed E-state index contributed by atoms with van der Waals surface area (Å²) in [5.41, 5.74) is 1.73. The molecule has 2 aromatic carbocycles. The average molecular weight is 417 g/mol. The molecule has 0 aromatic heterocycles. The van der Waals surface area contributed by atoms with Crippen molar-refractivity contribution in [3.8, 4) is 11.5 Å². The van der Waals surface area contributed by atoms with E-state index in [1.165, 1.54) is 0 Å². The number of ether oxygens (including phenoxy) is 2. The van der Waals surface area contributed by atoms with Gasteiger partial charge in [0.25, 0.3) is 0 Å². The van der Waals surface area contributed by atoms with E-state index in [4.69, 9.17) is 26.2 Å². The van der Waals surface area contributed by atoms with Crippen molar-refractivity contribution >= 4 is 11.6 Å². The number of aliphatic hydroxyl groups is 1. The molecule has 0 aliphatic heterocycles. The fraction of sp³-hybridized carbons (Fsp3) is 0.429. The first-order valence-corrected chi connectivity index (χ1v) is 9.45. The van der Waals surface area contributed by atoms with Gasteiger partial charge in [0.2, 0.25) is 0 Å². The number of hydrogen-bond acceptors (Lipinski definition) is 3. The molecule has 7 heteroatoms. The van der Waals surface area contributed by atoms with Crippen molar-refractivity contribution in [3.63, 3.8) is 0 Å². The second kappa shape index (κ2) is 9.52. The largest absolute Gasteiger partial charge is 0.494 e. The van der Waals surface area contributed by atoms with E-state index in [-0.39, 0.29) is 11.2 Å². The second-order valence-corrected chi connectivity index (χ2v) is 7.31. The van der Waals surface area contributed by atoms with Gasteiger partial charge in [0.15, 0.2) is 6.10 Å². The van der Waals surface area contributed by atoms with Crippen LogP contribution in [0.15, 0.2) is 48.5 Å². The van der Waals surface area contributed by atoms with Crippen molar-refractivity contribution < 1.29 is 27.8 Å². The average Bonchev–Trinajstić information content (AvgIpc) is 2.66. The Morgan fingerprint density at radius 2 is 1.36 bits per heavy atom. The molecular formula is C21H24ClF3O3. The quantitative estimate of drug-likeness (QED) is 0.444. The highest BCUT2D eigenvalue weighted by Crippen LogP contribution is 2.33. The summed E-state index contributed by atoms with van der Waals surface area (Å²) in [6.45, 7) is 3.84. The predicted octanol–water partition coefficient (Wildman–Crippen LogP) is 5.32. The standard InChI is InChI=1S/C21H24ClF3O3/c1-20(2,15-4-8-17(9-5-15)27-13-3-12-22)16-6-10-18(11-7-16)28-14-19(26)21(23,24)25/h4-11,19,26H,3,12-14H2,1-2H3. The van der Waals surface area contributed by atoms with Crippen molar-refractivity contribution in [1.29, 1.82) is 0 Å². The maximum Gasteiger partial charge on any atom is 0.417 e. The Morgan fingerprint density at radius 3 is 1.79 bits per heavy atom. The maximum absolute atomic E-state index is 12.3. The predicted molar refractivity (Wildman–Crippen MR) is 103 cm³/mol. The van der Waals surface area contributed by atoms with Crippen molar-refractivity contribution in [3.05, 3.63) is 59.7 Å². The zero-order valence-corrected chi connectivity index (χ0v) is 16.6. The molecule has 1 N–H and O–H groups in total. The lowest BCUT2D eigenvalue weighted by molar-refractivity contribution is -0.210. The van der Waals surface area contributed by atoms with Crippen LogP contribution in [0.25, 0.3) is 0 Å². The molecule has 1 atom stereocenters. The van der Waals surface area contributed by atoms with Gasteiger partial charge in [0.05, 0.1) is 6.61 Å². The molecule has 0 spiro atoms. The van der Waals surface area contributed by atoms with E-state index in [2.05, 4.69) is 13.8 Å². The van der Waals surface area contributed by atoms with Crippen LogP contribution < -0.4 is 9.47 Å². The van der Waals surface area contributed by atoms with Gasteiger partial charge in [0.1, 0.15) is 18.1 Å². The minimum Gasteiger partial charge on any atom is -0.494 e. The number of aliphatic hydroxyl groups excluding tert-OH is 1. The molecule has 0 aliphatic rings.